The molecule has 6 heteroatoms. The van der Waals surface area contributed by atoms with Crippen molar-refractivity contribution in [1.29, 1.82) is 0 Å². The van der Waals surface area contributed by atoms with Gasteiger partial charge < -0.3 is 10.1 Å². The summed E-state index contributed by atoms with van der Waals surface area (Å²) < 4.78 is 5.36. The molecule has 31 heavy (non-hydrogen) atoms. The van der Waals surface area contributed by atoms with Crippen molar-refractivity contribution >= 4 is 11.9 Å². The smallest absolute Gasteiger partial charge is 0.324 e. The molecule has 1 N–H and O–H groups in total. The third-order valence-electron chi connectivity index (χ3n) is 6.71. The van der Waals surface area contributed by atoms with Crippen LogP contribution >= 0.6 is 0 Å². The van der Waals surface area contributed by atoms with Crippen LogP contribution in [0.2, 0.25) is 0 Å². The zero-order valence-electron chi connectivity index (χ0n) is 18.6. The SMILES string of the molecule is COc1cccc(CC2(C3CCN(Cc4cccc(C)c4)CC3)NC(=O)N(C)C2=O)c1. The van der Waals surface area contributed by atoms with Gasteiger partial charge in [-0.05, 0) is 62.0 Å². The number of likely N-dealkylation sites (N-methyl/N-ethyl adjacent to an activating group) is 1. The van der Waals surface area contributed by atoms with Gasteiger partial charge in [-0.25, -0.2) is 4.79 Å². The highest BCUT2D eigenvalue weighted by molar-refractivity contribution is 6.07. The number of carbonyl (C=O) groups excluding carboxylic acids is 2. The number of imide groups is 1. The molecule has 6 nitrogen and oxygen atoms in total. The van der Waals surface area contributed by atoms with E-state index in [1.165, 1.54) is 16.0 Å². The first-order valence-corrected chi connectivity index (χ1v) is 10.9. The molecule has 0 spiro atoms. The van der Waals surface area contributed by atoms with Gasteiger partial charge in [-0.2, -0.15) is 0 Å². The molecule has 0 bridgehead atoms. The van der Waals surface area contributed by atoms with Crippen molar-refractivity contribution in [2.24, 2.45) is 5.92 Å². The van der Waals surface area contributed by atoms with E-state index in [2.05, 4.69) is 41.4 Å². The van der Waals surface area contributed by atoms with Crippen molar-refractivity contribution in [1.82, 2.24) is 15.1 Å². The molecule has 2 heterocycles. The highest BCUT2D eigenvalue weighted by Crippen LogP contribution is 2.36. The lowest BCUT2D eigenvalue weighted by atomic mass is 9.74. The maximum Gasteiger partial charge on any atom is 0.324 e. The lowest BCUT2D eigenvalue weighted by Gasteiger charge is -2.41. The topological polar surface area (TPSA) is 61.9 Å². The molecular weight excluding hydrogens is 390 g/mol. The summed E-state index contributed by atoms with van der Waals surface area (Å²) >= 11 is 0. The van der Waals surface area contributed by atoms with E-state index in [0.29, 0.717) is 6.42 Å². The molecule has 0 radical (unpaired) electrons. The quantitative estimate of drug-likeness (QED) is 0.727. The average molecular weight is 422 g/mol. The number of benzene rings is 2. The van der Waals surface area contributed by atoms with Crippen LogP contribution in [0.25, 0.3) is 0 Å². The molecule has 2 saturated heterocycles. The third kappa shape index (κ3) is 4.30. The summed E-state index contributed by atoms with van der Waals surface area (Å²) in [6, 6.07) is 16.1. The van der Waals surface area contributed by atoms with Crippen LogP contribution in [0, 0.1) is 12.8 Å². The highest BCUT2D eigenvalue weighted by atomic mass is 16.5. The van der Waals surface area contributed by atoms with E-state index in [1.54, 1.807) is 14.2 Å². The van der Waals surface area contributed by atoms with Gasteiger partial charge in [-0.15, -0.1) is 0 Å². The van der Waals surface area contributed by atoms with Crippen LogP contribution in [0.5, 0.6) is 5.75 Å². The Bertz CT molecular complexity index is 968. The lowest BCUT2D eigenvalue weighted by molar-refractivity contribution is -0.133. The summed E-state index contributed by atoms with van der Waals surface area (Å²) in [6.07, 6.45) is 2.22. The fourth-order valence-corrected chi connectivity index (χ4v) is 5.02. The fraction of sp³-hybridized carbons (Fsp3) is 0.440. The van der Waals surface area contributed by atoms with Gasteiger partial charge in [0.15, 0.2) is 0 Å². The van der Waals surface area contributed by atoms with Crippen molar-refractivity contribution in [2.75, 3.05) is 27.2 Å². The molecule has 1 atom stereocenters. The number of amides is 3. The molecule has 2 aromatic carbocycles. The van der Waals surface area contributed by atoms with Gasteiger partial charge in [0.1, 0.15) is 11.3 Å². The molecule has 4 rings (SSSR count). The number of piperidine rings is 1. The first kappa shape index (κ1) is 21.4. The predicted octanol–water partition coefficient (Wildman–Crippen LogP) is 3.38. The Labute approximate surface area is 184 Å². The van der Waals surface area contributed by atoms with E-state index >= 15 is 0 Å². The minimum absolute atomic E-state index is 0.0915. The molecule has 164 valence electrons. The van der Waals surface area contributed by atoms with Crippen LogP contribution in [-0.4, -0.2) is 54.5 Å². The molecule has 3 amide bonds. The second kappa shape index (κ2) is 8.71. The monoisotopic (exact) mass is 421 g/mol. The van der Waals surface area contributed by atoms with E-state index in [-0.39, 0.29) is 17.9 Å². The number of rotatable bonds is 6. The Kier molecular flexibility index (Phi) is 6.01. The van der Waals surface area contributed by atoms with Crippen LogP contribution in [-0.2, 0) is 17.8 Å². The summed E-state index contributed by atoms with van der Waals surface area (Å²) in [5.41, 5.74) is 2.68. The molecule has 0 saturated carbocycles. The number of urea groups is 1. The molecule has 0 aromatic heterocycles. The molecule has 2 aliphatic heterocycles. The van der Waals surface area contributed by atoms with Crippen molar-refractivity contribution in [2.45, 2.75) is 38.3 Å². The molecule has 0 aliphatic carbocycles. The molecular formula is C25H31N3O3. The number of likely N-dealkylation sites (tertiary alicyclic amines) is 1. The summed E-state index contributed by atoms with van der Waals surface area (Å²) in [5.74, 6) is 0.720. The zero-order valence-corrected chi connectivity index (χ0v) is 18.6. The van der Waals surface area contributed by atoms with Crippen LogP contribution in [0.1, 0.15) is 29.5 Å². The second-order valence-corrected chi connectivity index (χ2v) is 8.83. The zero-order chi connectivity index (χ0) is 22.0. The van der Waals surface area contributed by atoms with Crippen LogP contribution in [0.4, 0.5) is 4.79 Å². The average Bonchev–Trinajstić information content (AvgIpc) is 2.98. The number of methoxy groups -OCH3 is 1. The lowest BCUT2D eigenvalue weighted by Crippen LogP contribution is -2.57. The summed E-state index contributed by atoms with van der Waals surface area (Å²) in [6.45, 7) is 4.84. The normalized spacial score (nSPS) is 22.6. The van der Waals surface area contributed by atoms with Gasteiger partial charge in [0.05, 0.1) is 7.11 Å². The maximum atomic E-state index is 13.3. The Morgan fingerprint density at radius 1 is 1.06 bits per heavy atom. The number of hydrogen-bond donors (Lipinski definition) is 1. The number of carbonyl (C=O) groups is 2. The molecule has 2 fully saturated rings. The van der Waals surface area contributed by atoms with E-state index in [1.807, 2.05) is 24.3 Å². The fourth-order valence-electron chi connectivity index (χ4n) is 5.02. The van der Waals surface area contributed by atoms with Gasteiger partial charge in [0, 0.05) is 20.0 Å². The number of nitrogens with one attached hydrogen (secondary N) is 1. The van der Waals surface area contributed by atoms with Crippen LogP contribution in [0.15, 0.2) is 48.5 Å². The number of hydrogen-bond acceptors (Lipinski definition) is 4. The van der Waals surface area contributed by atoms with E-state index < -0.39 is 5.54 Å². The Hall–Kier alpha value is -2.86. The second-order valence-electron chi connectivity index (χ2n) is 8.83. The van der Waals surface area contributed by atoms with Gasteiger partial charge in [0.2, 0.25) is 0 Å². The van der Waals surface area contributed by atoms with E-state index in [0.717, 1.165) is 43.8 Å². The van der Waals surface area contributed by atoms with E-state index in [4.69, 9.17) is 4.74 Å². The summed E-state index contributed by atoms with van der Waals surface area (Å²) in [4.78, 5) is 29.4. The van der Waals surface area contributed by atoms with Gasteiger partial charge in [-0.3, -0.25) is 14.6 Å². The first-order valence-electron chi connectivity index (χ1n) is 10.9. The number of ether oxygens (including phenoxy) is 1. The summed E-state index contributed by atoms with van der Waals surface area (Å²) in [5, 5.41) is 3.07. The Morgan fingerprint density at radius 3 is 2.42 bits per heavy atom. The van der Waals surface area contributed by atoms with Crippen molar-refractivity contribution in [3.63, 3.8) is 0 Å². The number of aryl methyl sites for hydroxylation is 1. The van der Waals surface area contributed by atoms with Crippen molar-refractivity contribution in [3.05, 3.63) is 65.2 Å². The Balaban J connectivity index is 1.52. The molecule has 2 aromatic rings. The standard InChI is InChI=1S/C25H31N3O3/c1-18-6-4-8-20(14-18)17-28-12-10-21(11-13-28)25(23(29)27(2)24(30)26-25)16-19-7-5-9-22(15-19)31-3/h4-9,14-15,21H,10-13,16-17H2,1-3H3,(H,26,30). The van der Waals surface area contributed by atoms with Crippen molar-refractivity contribution in [3.8, 4) is 5.75 Å². The maximum absolute atomic E-state index is 13.3. The predicted molar refractivity (Wildman–Crippen MR) is 120 cm³/mol. The number of nitrogens with zero attached hydrogens (tertiary/aromatic N) is 2. The van der Waals surface area contributed by atoms with Crippen LogP contribution < -0.4 is 10.1 Å². The van der Waals surface area contributed by atoms with Crippen LogP contribution in [0.3, 0.4) is 0 Å². The van der Waals surface area contributed by atoms with Gasteiger partial charge in [-0.1, -0.05) is 42.0 Å². The highest BCUT2D eigenvalue weighted by Gasteiger charge is 2.54. The minimum atomic E-state index is -0.895. The van der Waals surface area contributed by atoms with Crippen molar-refractivity contribution < 1.29 is 14.3 Å². The third-order valence-corrected chi connectivity index (χ3v) is 6.71. The first-order chi connectivity index (χ1) is 14.9. The van der Waals surface area contributed by atoms with E-state index in [9.17, 15) is 9.59 Å². The molecule has 1 unspecified atom stereocenters. The molecule has 2 aliphatic rings. The minimum Gasteiger partial charge on any atom is -0.497 e. The Morgan fingerprint density at radius 2 is 1.77 bits per heavy atom. The van der Waals surface area contributed by atoms with Gasteiger partial charge in [0.25, 0.3) is 5.91 Å². The largest absolute Gasteiger partial charge is 0.497 e. The summed E-state index contributed by atoms with van der Waals surface area (Å²) in [7, 11) is 3.20. The van der Waals surface area contributed by atoms with Gasteiger partial charge >= 0.3 is 6.03 Å².